The summed E-state index contributed by atoms with van der Waals surface area (Å²) in [7, 11) is 0. The Morgan fingerprint density at radius 3 is 2.89 bits per heavy atom. The molecule has 5 nitrogen and oxygen atoms in total. The summed E-state index contributed by atoms with van der Waals surface area (Å²) in [5.74, 6) is 1.26. The van der Waals surface area contributed by atoms with Crippen LogP contribution in [0.3, 0.4) is 0 Å². The van der Waals surface area contributed by atoms with E-state index in [9.17, 15) is 4.39 Å². The van der Waals surface area contributed by atoms with Crippen molar-refractivity contribution in [3.8, 4) is 0 Å². The third kappa shape index (κ3) is 9.71. The molecule has 154 valence electrons. The molecule has 1 aromatic carbocycles. The van der Waals surface area contributed by atoms with E-state index in [0.717, 1.165) is 50.7 Å². The number of hydrogen-bond donors (Lipinski definition) is 2. The minimum atomic E-state index is -0.191. The van der Waals surface area contributed by atoms with Crippen molar-refractivity contribution in [1.29, 1.82) is 0 Å². The van der Waals surface area contributed by atoms with Crippen molar-refractivity contribution >= 4 is 29.9 Å². The third-order valence-electron chi connectivity index (χ3n) is 4.24. The predicted octanol–water partition coefficient (Wildman–Crippen LogP) is 2.90. The number of morpholine rings is 1. The van der Waals surface area contributed by atoms with Crippen molar-refractivity contribution in [2.75, 3.05) is 45.9 Å². The highest BCUT2D eigenvalue weighted by Gasteiger charge is 2.20. The van der Waals surface area contributed by atoms with E-state index in [1.54, 1.807) is 12.1 Å². The van der Waals surface area contributed by atoms with Crippen molar-refractivity contribution in [3.63, 3.8) is 0 Å². The van der Waals surface area contributed by atoms with Crippen molar-refractivity contribution < 1.29 is 9.13 Å². The van der Waals surface area contributed by atoms with Gasteiger partial charge in [-0.15, -0.1) is 24.0 Å². The van der Waals surface area contributed by atoms with E-state index < -0.39 is 0 Å². The third-order valence-corrected chi connectivity index (χ3v) is 4.24. The molecule has 1 aliphatic heterocycles. The van der Waals surface area contributed by atoms with Gasteiger partial charge in [0.15, 0.2) is 5.96 Å². The molecule has 0 aliphatic carbocycles. The quantitative estimate of drug-likeness (QED) is 0.333. The molecule has 1 saturated heterocycles. The summed E-state index contributed by atoms with van der Waals surface area (Å²) in [5.41, 5.74) is 0.980. The number of guanidine groups is 1. The Morgan fingerprint density at radius 2 is 2.19 bits per heavy atom. The highest BCUT2D eigenvalue weighted by atomic mass is 127. The van der Waals surface area contributed by atoms with Crippen molar-refractivity contribution in [2.45, 2.75) is 33.3 Å². The summed E-state index contributed by atoms with van der Waals surface area (Å²) in [6, 6.07) is 6.72. The second-order valence-corrected chi connectivity index (χ2v) is 7.17. The first-order valence-corrected chi connectivity index (χ1v) is 9.67. The fourth-order valence-corrected chi connectivity index (χ4v) is 3.13. The smallest absolute Gasteiger partial charge is 0.191 e. The van der Waals surface area contributed by atoms with Gasteiger partial charge in [-0.3, -0.25) is 9.89 Å². The molecule has 1 aliphatic rings. The normalized spacial score (nSPS) is 18.3. The first-order chi connectivity index (χ1) is 12.6. The lowest BCUT2D eigenvalue weighted by atomic mass is 10.1. The van der Waals surface area contributed by atoms with E-state index in [1.807, 2.05) is 13.0 Å². The molecular weight excluding hydrogens is 458 g/mol. The van der Waals surface area contributed by atoms with Crippen LogP contribution >= 0.6 is 24.0 Å². The topological polar surface area (TPSA) is 48.9 Å². The summed E-state index contributed by atoms with van der Waals surface area (Å²) < 4.78 is 19.1. The summed E-state index contributed by atoms with van der Waals surface area (Å²) in [4.78, 5) is 7.13. The lowest BCUT2D eigenvalue weighted by Gasteiger charge is -2.33. The number of benzene rings is 1. The number of halogens is 2. The van der Waals surface area contributed by atoms with Crippen LogP contribution in [-0.2, 0) is 11.2 Å². The molecule has 0 saturated carbocycles. The zero-order valence-corrected chi connectivity index (χ0v) is 19.0. The lowest BCUT2D eigenvalue weighted by Crippen LogP contribution is -2.46. The molecule has 2 rings (SSSR count). The number of rotatable bonds is 8. The summed E-state index contributed by atoms with van der Waals surface area (Å²) in [6.45, 7) is 12.5. The molecule has 0 radical (unpaired) electrons. The van der Waals surface area contributed by atoms with E-state index in [-0.39, 0.29) is 35.9 Å². The minimum absolute atomic E-state index is 0. The highest BCUT2D eigenvalue weighted by Crippen LogP contribution is 2.08. The van der Waals surface area contributed by atoms with Gasteiger partial charge in [0.05, 0.1) is 19.3 Å². The Balaban J connectivity index is 0.00000364. The van der Waals surface area contributed by atoms with Crippen LogP contribution in [0.4, 0.5) is 4.39 Å². The molecule has 7 heteroatoms. The first-order valence-electron chi connectivity index (χ1n) is 9.67. The molecular formula is C20H34FIN4O. The van der Waals surface area contributed by atoms with Crippen LogP contribution in [0, 0.1) is 11.7 Å². The van der Waals surface area contributed by atoms with E-state index in [4.69, 9.17) is 4.74 Å². The molecule has 0 spiro atoms. The Labute approximate surface area is 180 Å². The van der Waals surface area contributed by atoms with Gasteiger partial charge >= 0.3 is 0 Å². The lowest BCUT2D eigenvalue weighted by molar-refractivity contribution is -0.0261. The van der Waals surface area contributed by atoms with Crippen molar-refractivity contribution in [1.82, 2.24) is 15.5 Å². The number of nitrogens with zero attached hydrogens (tertiary/aromatic N) is 2. The van der Waals surface area contributed by atoms with Crippen LogP contribution < -0.4 is 10.6 Å². The van der Waals surface area contributed by atoms with Gasteiger partial charge in [-0.2, -0.15) is 0 Å². The maximum absolute atomic E-state index is 13.2. The summed E-state index contributed by atoms with van der Waals surface area (Å²) >= 11 is 0. The molecule has 1 aromatic rings. The number of aliphatic imine (C=N–C) groups is 1. The van der Waals surface area contributed by atoms with Gasteiger partial charge in [-0.1, -0.05) is 26.0 Å². The molecule has 27 heavy (non-hydrogen) atoms. The second kappa shape index (κ2) is 13.3. The van der Waals surface area contributed by atoms with Crippen molar-refractivity contribution in [2.24, 2.45) is 10.9 Å². The maximum Gasteiger partial charge on any atom is 0.191 e. The summed E-state index contributed by atoms with van der Waals surface area (Å²) in [5, 5.41) is 6.58. The summed E-state index contributed by atoms with van der Waals surface area (Å²) in [6.07, 6.45) is 0.894. The van der Waals surface area contributed by atoms with Crippen molar-refractivity contribution in [3.05, 3.63) is 35.6 Å². The standard InChI is InChI=1S/C20H33FN4O.HI/c1-4-22-20(23-9-8-17-6-5-7-18(21)12-17)24-13-19-15-25(10-11-26-19)14-16(2)3;/h5-7,12,16,19H,4,8-11,13-15H2,1-3H3,(H2,22,23,24);1H. The fourth-order valence-electron chi connectivity index (χ4n) is 3.13. The number of hydrogen-bond acceptors (Lipinski definition) is 3. The predicted molar refractivity (Wildman–Crippen MR) is 121 cm³/mol. The van der Waals surface area contributed by atoms with Gasteiger partial charge in [0, 0.05) is 32.7 Å². The van der Waals surface area contributed by atoms with Crippen LogP contribution in [0.25, 0.3) is 0 Å². The van der Waals surface area contributed by atoms with Gasteiger partial charge in [-0.25, -0.2) is 4.39 Å². The maximum atomic E-state index is 13.2. The number of ether oxygens (including phenoxy) is 1. The largest absolute Gasteiger partial charge is 0.374 e. The first kappa shape index (κ1) is 24.1. The van der Waals surface area contributed by atoms with Gasteiger partial charge in [-0.05, 0) is 37.0 Å². The Kier molecular flexibility index (Phi) is 11.9. The van der Waals surface area contributed by atoms with Gasteiger partial charge in [0.25, 0.3) is 0 Å². The zero-order chi connectivity index (χ0) is 18.8. The van der Waals surface area contributed by atoms with Crippen LogP contribution in [0.15, 0.2) is 29.3 Å². The van der Waals surface area contributed by atoms with E-state index in [2.05, 4.69) is 34.4 Å². The SMILES string of the molecule is CCNC(=NCC1CN(CC(C)C)CCO1)NCCc1cccc(F)c1.I. The van der Waals surface area contributed by atoms with E-state index in [0.29, 0.717) is 19.0 Å². The van der Waals surface area contributed by atoms with Crippen LogP contribution in [0.5, 0.6) is 0 Å². The molecule has 1 heterocycles. The average molecular weight is 492 g/mol. The Morgan fingerprint density at radius 1 is 1.37 bits per heavy atom. The van der Waals surface area contributed by atoms with Gasteiger partial charge in [0.2, 0.25) is 0 Å². The monoisotopic (exact) mass is 492 g/mol. The van der Waals surface area contributed by atoms with Crippen LogP contribution in [-0.4, -0.2) is 62.8 Å². The zero-order valence-electron chi connectivity index (χ0n) is 16.7. The van der Waals surface area contributed by atoms with Gasteiger partial charge < -0.3 is 15.4 Å². The minimum Gasteiger partial charge on any atom is -0.374 e. The molecule has 0 bridgehead atoms. The Bertz CT molecular complexity index is 571. The Hall–Kier alpha value is -0.930. The molecule has 1 atom stereocenters. The number of nitrogens with one attached hydrogen (secondary N) is 2. The van der Waals surface area contributed by atoms with Gasteiger partial charge in [0.1, 0.15) is 5.82 Å². The molecule has 0 amide bonds. The van der Waals surface area contributed by atoms with Crippen LogP contribution in [0.1, 0.15) is 26.3 Å². The molecule has 1 fully saturated rings. The molecule has 2 N–H and O–H groups in total. The average Bonchev–Trinajstić information content (AvgIpc) is 2.59. The molecule has 1 unspecified atom stereocenters. The highest BCUT2D eigenvalue weighted by molar-refractivity contribution is 14.0. The second-order valence-electron chi connectivity index (χ2n) is 7.17. The van der Waals surface area contributed by atoms with E-state index >= 15 is 0 Å². The molecule has 0 aromatic heterocycles. The van der Waals surface area contributed by atoms with Crippen LogP contribution in [0.2, 0.25) is 0 Å². The van der Waals surface area contributed by atoms with E-state index in [1.165, 1.54) is 6.07 Å². The fraction of sp³-hybridized carbons (Fsp3) is 0.650.